The molecule has 1 aliphatic rings. The number of aryl methyl sites for hydroxylation is 1. The minimum absolute atomic E-state index is 0.0282. The van der Waals surface area contributed by atoms with E-state index in [9.17, 15) is 14.4 Å². The average molecular weight is 554 g/mol. The normalized spacial score (nSPS) is 14.4. The highest BCUT2D eigenvalue weighted by atomic mass is 19.1. The summed E-state index contributed by atoms with van der Waals surface area (Å²) in [5.41, 5.74) is 1.81. The first-order valence-corrected chi connectivity index (χ1v) is 12.8. The van der Waals surface area contributed by atoms with Gasteiger partial charge in [0.2, 0.25) is 5.82 Å². The van der Waals surface area contributed by atoms with E-state index in [0.29, 0.717) is 18.7 Å². The first-order valence-electron chi connectivity index (χ1n) is 12.8. The van der Waals surface area contributed by atoms with Crippen LogP contribution in [-0.2, 0) is 20.7 Å². The first-order chi connectivity index (χ1) is 19.0. The summed E-state index contributed by atoms with van der Waals surface area (Å²) in [6.07, 6.45) is -1.44. The molecule has 12 heteroatoms. The Morgan fingerprint density at radius 3 is 2.40 bits per heavy atom. The topological polar surface area (TPSA) is 127 Å². The molecule has 1 aromatic heterocycles. The molecule has 1 unspecified atom stereocenters. The second kappa shape index (κ2) is 12.1. The molecule has 0 spiro atoms. The molecule has 40 heavy (non-hydrogen) atoms. The molecule has 2 aromatic carbocycles. The minimum atomic E-state index is -1.03. The van der Waals surface area contributed by atoms with E-state index in [0.717, 1.165) is 11.1 Å². The van der Waals surface area contributed by atoms with Gasteiger partial charge in [-0.3, -0.25) is 4.79 Å². The van der Waals surface area contributed by atoms with Crippen molar-refractivity contribution in [1.29, 1.82) is 0 Å². The van der Waals surface area contributed by atoms with Crippen molar-refractivity contribution in [2.75, 3.05) is 26.2 Å². The maximum Gasteiger partial charge on any atom is 0.410 e. The Morgan fingerprint density at radius 1 is 1.10 bits per heavy atom. The molecule has 0 bridgehead atoms. The first kappa shape index (κ1) is 28.5. The molecule has 1 fully saturated rings. The van der Waals surface area contributed by atoms with Crippen molar-refractivity contribution >= 4 is 18.6 Å². The zero-order valence-electron chi connectivity index (χ0n) is 22.8. The van der Waals surface area contributed by atoms with Crippen LogP contribution < -0.4 is 5.32 Å². The average Bonchev–Trinajstić information content (AvgIpc) is 3.38. The number of amides is 3. The van der Waals surface area contributed by atoms with Crippen molar-refractivity contribution < 1.29 is 32.8 Å². The molecule has 4 rings (SSSR count). The summed E-state index contributed by atoms with van der Waals surface area (Å²) in [6.45, 7) is 8.70. The Kier molecular flexibility index (Phi) is 8.66. The molecule has 3 amide bonds. The number of benzene rings is 2. The van der Waals surface area contributed by atoms with Crippen LogP contribution >= 0.6 is 0 Å². The van der Waals surface area contributed by atoms with E-state index in [1.807, 2.05) is 31.2 Å². The monoisotopic (exact) mass is 553 g/mol. The molecular weight excluding hydrogens is 521 g/mol. The van der Waals surface area contributed by atoms with Crippen LogP contribution in [0.3, 0.4) is 0 Å². The number of ether oxygens (including phenoxy) is 2. The van der Waals surface area contributed by atoms with Crippen LogP contribution in [0.4, 0.5) is 14.0 Å². The van der Waals surface area contributed by atoms with Crippen molar-refractivity contribution in [3.63, 3.8) is 0 Å². The summed E-state index contributed by atoms with van der Waals surface area (Å²) in [6, 6.07) is 11.4. The smallest absolute Gasteiger partial charge is 0.410 e. The summed E-state index contributed by atoms with van der Waals surface area (Å²) in [4.78, 5) is 43.5. The van der Waals surface area contributed by atoms with Gasteiger partial charge in [0.05, 0.1) is 5.56 Å². The van der Waals surface area contributed by atoms with Gasteiger partial charge >= 0.3 is 12.1 Å². The molecule has 2 heterocycles. The fourth-order valence-electron chi connectivity index (χ4n) is 4.08. The number of hydrogen-bond donors (Lipinski definition) is 1. The Bertz CT molecular complexity index is 1350. The van der Waals surface area contributed by atoms with Crippen LogP contribution in [0.5, 0.6) is 0 Å². The summed E-state index contributed by atoms with van der Waals surface area (Å²) < 4.78 is 30.8. The summed E-state index contributed by atoms with van der Waals surface area (Å²) >= 11 is 0. The zero-order chi connectivity index (χ0) is 28.9. The number of carbonyl (C=O) groups excluding carboxylic acids is 3. The van der Waals surface area contributed by atoms with E-state index in [-0.39, 0.29) is 43.3 Å². The summed E-state index contributed by atoms with van der Waals surface area (Å²) in [7, 11) is 0. The number of rotatable bonds is 7. The van der Waals surface area contributed by atoms with Gasteiger partial charge in [-0.1, -0.05) is 28.9 Å². The van der Waals surface area contributed by atoms with Crippen LogP contribution in [0.2, 0.25) is 0 Å². The molecule has 3 aromatic rings. The summed E-state index contributed by atoms with van der Waals surface area (Å²) in [5, 5.41) is 6.55. The van der Waals surface area contributed by atoms with Gasteiger partial charge in [0.1, 0.15) is 11.4 Å². The Labute approximate surface area is 231 Å². The highest BCUT2D eigenvalue weighted by Crippen LogP contribution is 2.25. The number of piperazine rings is 1. The molecule has 1 N–H and O–H groups in total. The van der Waals surface area contributed by atoms with Crippen LogP contribution in [0, 0.1) is 12.7 Å². The fraction of sp³-hybridized carbons (Fsp3) is 0.393. The lowest BCUT2D eigenvalue weighted by Gasteiger charge is -2.36. The molecule has 0 radical (unpaired) electrons. The third-order valence-corrected chi connectivity index (χ3v) is 6.14. The van der Waals surface area contributed by atoms with Crippen LogP contribution in [0.1, 0.15) is 31.9 Å². The summed E-state index contributed by atoms with van der Waals surface area (Å²) in [5.74, 6) is -0.227. The Hall–Kier alpha value is -4.48. The lowest BCUT2D eigenvalue weighted by atomic mass is 10.1. The predicted molar refractivity (Wildman–Crippen MR) is 142 cm³/mol. The third kappa shape index (κ3) is 7.33. The number of urea groups is 1. The van der Waals surface area contributed by atoms with E-state index >= 15 is 4.39 Å². The van der Waals surface area contributed by atoms with Crippen LogP contribution in [0.25, 0.3) is 22.8 Å². The lowest BCUT2D eigenvalue weighted by Crippen LogP contribution is -2.55. The van der Waals surface area contributed by atoms with E-state index in [1.54, 1.807) is 26.8 Å². The number of nitrogens with one attached hydrogen (secondary N) is 1. The standard InChI is InChI=1S/C28H32FN5O6/c1-18-5-8-20(9-6-18)25-31-24(32-40-25)21-10-7-19(15-22(21)29)16-23(38-17-35)30-26(36)33-11-13-34(14-12-33)27(37)39-28(2,3)4/h5-10,15,17,23H,11-14,16H2,1-4H3,(H,30,36). The highest BCUT2D eigenvalue weighted by Gasteiger charge is 2.29. The molecular formula is C28H32FN5O6. The quantitative estimate of drug-likeness (QED) is 0.341. The number of carbonyl (C=O) groups is 3. The number of halogens is 1. The van der Waals surface area contributed by atoms with Gasteiger partial charge in [-0.15, -0.1) is 0 Å². The van der Waals surface area contributed by atoms with Crippen molar-refractivity contribution in [3.05, 3.63) is 59.4 Å². The molecule has 212 valence electrons. The number of hydrogen-bond acceptors (Lipinski definition) is 8. The molecule has 1 saturated heterocycles. The molecule has 0 saturated carbocycles. The van der Waals surface area contributed by atoms with E-state index in [4.69, 9.17) is 14.0 Å². The molecule has 11 nitrogen and oxygen atoms in total. The maximum absolute atomic E-state index is 15.0. The third-order valence-electron chi connectivity index (χ3n) is 6.14. The SMILES string of the molecule is Cc1ccc(-c2nc(-c3ccc(CC(NC(=O)N4CCN(C(=O)OC(C)(C)C)CC4)OC=O)cc3F)no2)cc1. The maximum atomic E-state index is 15.0. The van der Waals surface area contributed by atoms with E-state index in [2.05, 4.69) is 15.5 Å². The Balaban J connectivity index is 1.36. The number of nitrogens with zero attached hydrogens (tertiary/aromatic N) is 4. The fourth-order valence-corrected chi connectivity index (χ4v) is 4.08. The van der Waals surface area contributed by atoms with Gasteiger partial charge in [-0.05, 0) is 57.5 Å². The van der Waals surface area contributed by atoms with Gasteiger partial charge in [0.15, 0.2) is 6.23 Å². The van der Waals surface area contributed by atoms with Crippen molar-refractivity contribution in [1.82, 2.24) is 25.3 Å². The van der Waals surface area contributed by atoms with Gasteiger partial charge in [-0.2, -0.15) is 4.98 Å². The van der Waals surface area contributed by atoms with E-state index in [1.165, 1.54) is 21.9 Å². The second-order valence-corrected chi connectivity index (χ2v) is 10.4. The minimum Gasteiger partial charge on any atom is -0.444 e. The molecule has 1 atom stereocenters. The van der Waals surface area contributed by atoms with Crippen molar-refractivity contribution in [2.45, 2.75) is 45.9 Å². The van der Waals surface area contributed by atoms with Gasteiger partial charge in [0.25, 0.3) is 12.4 Å². The number of aromatic nitrogens is 2. The second-order valence-electron chi connectivity index (χ2n) is 10.4. The largest absolute Gasteiger partial charge is 0.444 e. The van der Waals surface area contributed by atoms with Crippen LogP contribution in [-0.4, -0.2) is 76.5 Å². The van der Waals surface area contributed by atoms with Gasteiger partial charge < -0.3 is 29.1 Å². The van der Waals surface area contributed by atoms with Crippen molar-refractivity contribution in [3.8, 4) is 22.8 Å². The zero-order valence-corrected chi connectivity index (χ0v) is 22.8. The highest BCUT2D eigenvalue weighted by molar-refractivity contribution is 5.75. The lowest BCUT2D eigenvalue weighted by molar-refractivity contribution is -0.134. The molecule has 1 aliphatic heterocycles. The van der Waals surface area contributed by atoms with E-state index < -0.39 is 29.8 Å². The van der Waals surface area contributed by atoms with Gasteiger partial charge in [-0.25, -0.2) is 14.0 Å². The molecule has 0 aliphatic carbocycles. The van der Waals surface area contributed by atoms with Gasteiger partial charge in [0, 0.05) is 38.2 Å². The van der Waals surface area contributed by atoms with Crippen LogP contribution in [0.15, 0.2) is 47.0 Å². The predicted octanol–water partition coefficient (Wildman–Crippen LogP) is 4.16. The van der Waals surface area contributed by atoms with Crippen molar-refractivity contribution in [2.24, 2.45) is 0 Å². The Morgan fingerprint density at radius 2 is 1.77 bits per heavy atom.